The van der Waals surface area contributed by atoms with Crippen molar-refractivity contribution in [2.75, 3.05) is 19.6 Å². The number of hydrogen-bond acceptors (Lipinski definition) is 3. The predicted octanol–water partition coefficient (Wildman–Crippen LogP) is 1.95. The van der Waals surface area contributed by atoms with E-state index in [2.05, 4.69) is 11.8 Å². The highest BCUT2D eigenvalue weighted by Gasteiger charge is 2.04. The summed E-state index contributed by atoms with van der Waals surface area (Å²) in [6.07, 6.45) is 2.17. The smallest absolute Gasteiger partial charge is 0.115 e. The van der Waals surface area contributed by atoms with Gasteiger partial charge in [-0.3, -0.25) is 4.90 Å². The number of phenolic OH excluding ortho intramolecular Hbond substituents is 1. The van der Waals surface area contributed by atoms with Gasteiger partial charge in [0, 0.05) is 6.54 Å². The molecule has 0 aromatic heterocycles. The molecule has 1 rings (SSSR count). The molecule has 0 spiro atoms. The summed E-state index contributed by atoms with van der Waals surface area (Å²) in [5.41, 5.74) is 6.68. The molecule has 0 aliphatic carbocycles. The molecule has 90 valence electrons. The number of nitrogens with two attached hydrogens (primary N) is 1. The highest BCUT2D eigenvalue weighted by atomic mass is 16.3. The SMILES string of the molecule is CCCN(CCCN)Cc1cccc(O)c1. The molecule has 0 aliphatic heterocycles. The average molecular weight is 222 g/mol. The van der Waals surface area contributed by atoms with Crippen LogP contribution < -0.4 is 5.73 Å². The lowest BCUT2D eigenvalue weighted by Crippen LogP contribution is -2.26. The minimum atomic E-state index is 0.341. The zero-order chi connectivity index (χ0) is 11.8. The second-order valence-corrected chi connectivity index (χ2v) is 4.09. The topological polar surface area (TPSA) is 49.5 Å². The number of nitrogens with zero attached hydrogens (tertiary/aromatic N) is 1. The molecular formula is C13H22N2O. The highest BCUT2D eigenvalue weighted by molar-refractivity contribution is 5.26. The molecular weight excluding hydrogens is 200 g/mol. The zero-order valence-electron chi connectivity index (χ0n) is 10.0. The van der Waals surface area contributed by atoms with E-state index in [0.717, 1.165) is 44.6 Å². The molecule has 1 aromatic carbocycles. The van der Waals surface area contributed by atoms with Crippen molar-refractivity contribution in [2.45, 2.75) is 26.3 Å². The quantitative estimate of drug-likeness (QED) is 0.741. The molecule has 0 radical (unpaired) electrons. The van der Waals surface area contributed by atoms with Gasteiger partial charge in [0.25, 0.3) is 0 Å². The van der Waals surface area contributed by atoms with E-state index in [1.165, 1.54) is 0 Å². The van der Waals surface area contributed by atoms with Gasteiger partial charge in [0.05, 0.1) is 0 Å². The Bertz CT molecular complexity index is 302. The van der Waals surface area contributed by atoms with E-state index in [9.17, 15) is 5.11 Å². The molecule has 3 nitrogen and oxygen atoms in total. The Kier molecular flexibility index (Phi) is 5.90. The summed E-state index contributed by atoms with van der Waals surface area (Å²) >= 11 is 0. The van der Waals surface area contributed by atoms with Gasteiger partial charge in [0.2, 0.25) is 0 Å². The van der Waals surface area contributed by atoms with Gasteiger partial charge in [-0.1, -0.05) is 19.1 Å². The first-order valence-electron chi connectivity index (χ1n) is 5.96. The second kappa shape index (κ2) is 7.25. The van der Waals surface area contributed by atoms with Crippen molar-refractivity contribution in [3.63, 3.8) is 0 Å². The maximum atomic E-state index is 9.39. The number of hydrogen-bond donors (Lipinski definition) is 2. The standard InChI is InChI=1S/C13H22N2O/c1-2-8-15(9-4-7-14)11-12-5-3-6-13(16)10-12/h3,5-6,10,16H,2,4,7-9,11,14H2,1H3. The molecule has 16 heavy (non-hydrogen) atoms. The van der Waals surface area contributed by atoms with Crippen molar-refractivity contribution in [3.8, 4) is 5.75 Å². The Balaban J connectivity index is 2.52. The van der Waals surface area contributed by atoms with Crippen LogP contribution in [0.4, 0.5) is 0 Å². The van der Waals surface area contributed by atoms with E-state index in [1.807, 2.05) is 18.2 Å². The summed E-state index contributed by atoms with van der Waals surface area (Å²) in [6.45, 7) is 5.91. The summed E-state index contributed by atoms with van der Waals surface area (Å²) in [5.74, 6) is 0.341. The van der Waals surface area contributed by atoms with E-state index in [1.54, 1.807) is 6.07 Å². The van der Waals surface area contributed by atoms with E-state index < -0.39 is 0 Å². The molecule has 3 N–H and O–H groups in total. The molecule has 0 amide bonds. The molecule has 0 heterocycles. The van der Waals surface area contributed by atoms with Crippen LogP contribution in [-0.2, 0) is 6.54 Å². The average Bonchev–Trinajstić information content (AvgIpc) is 2.26. The Morgan fingerprint density at radius 2 is 2.12 bits per heavy atom. The van der Waals surface area contributed by atoms with Crippen LogP contribution in [0.5, 0.6) is 5.75 Å². The Labute approximate surface area is 97.9 Å². The summed E-state index contributed by atoms with van der Waals surface area (Å²) in [7, 11) is 0. The lowest BCUT2D eigenvalue weighted by atomic mass is 10.2. The van der Waals surface area contributed by atoms with Crippen LogP contribution >= 0.6 is 0 Å². The van der Waals surface area contributed by atoms with Crippen molar-refractivity contribution < 1.29 is 5.11 Å². The number of phenols is 1. The van der Waals surface area contributed by atoms with Crippen LogP contribution in [0.25, 0.3) is 0 Å². The maximum Gasteiger partial charge on any atom is 0.115 e. The van der Waals surface area contributed by atoms with Crippen LogP contribution in [0.2, 0.25) is 0 Å². The molecule has 0 fully saturated rings. The first-order valence-corrected chi connectivity index (χ1v) is 5.96. The van der Waals surface area contributed by atoms with Crippen LogP contribution in [0, 0.1) is 0 Å². The van der Waals surface area contributed by atoms with Crippen molar-refractivity contribution >= 4 is 0 Å². The number of benzene rings is 1. The summed E-state index contributed by atoms with van der Waals surface area (Å²) in [5, 5.41) is 9.39. The van der Waals surface area contributed by atoms with Crippen molar-refractivity contribution in [1.29, 1.82) is 0 Å². The first kappa shape index (κ1) is 13.0. The summed E-state index contributed by atoms with van der Waals surface area (Å²) in [4.78, 5) is 2.38. The van der Waals surface area contributed by atoms with Gasteiger partial charge in [0.15, 0.2) is 0 Å². The third-order valence-electron chi connectivity index (χ3n) is 2.54. The lowest BCUT2D eigenvalue weighted by Gasteiger charge is -2.21. The van der Waals surface area contributed by atoms with E-state index >= 15 is 0 Å². The first-order chi connectivity index (χ1) is 7.76. The Morgan fingerprint density at radius 3 is 2.75 bits per heavy atom. The molecule has 3 heteroatoms. The fourth-order valence-corrected chi connectivity index (χ4v) is 1.81. The van der Waals surface area contributed by atoms with Crippen LogP contribution in [-0.4, -0.2) is 29.6 Å². The van der Waals surface area contributed by atoms with Crippen molar-refractivity contribution in [1.82, 2.24) is 4.90 Å². The van der Waals surface area contributed by atoms with Crippen LogP contribution in [0.1, 0.15) is 25.3 Å². The Hall–Kier alpha value is -1.06. The molecule has 0 unspecified atom stereocenters. The minimum Gasteiger partial charge on any atom is -0.508 e. The van der Waals surface area contributed by atoms with E-state index in [0.29, 0.717) is 5.75 Å². The van der Waals surface area contributed by atoms with Gasteiger partial charge < -0.3 is 10.8 Å². The molecule has 0 aliphatic rings. The third-order valence-corrected chi connectivity index (χ3v) is 2.54. The number of rotatable bonds is 7. The summed E-state index contributed by atoms with van der Waals surface area (Å²) < 4.78 is 0. The fourth-order valence-electron chi connectivity index (χ4n) is 1.81. The van der Waals surface area contributed by atoms with Crippen molar-refractivity contribution in [2.24, 2.45) is 5.73 Å². The van der Waals surface area contributed by atoms with Gasteiger partial charge >= 0.3 is 0 Å². The fraction of sp³-hybridized carbons (Fsp3) is 0.538. The van der Waals surface area contributed by atoms with Gasteiger partial charge in [-0.25, -0.2) is 0 Å². The van der Waals surface area contributed by atoms with E-state index in [-0.39, 0.29) is 0 Å². The second-order valence-electron chi connectivity index (χ2n) is 4.09. The third kappa shape index (κ3) is 4.64. The Morgan fingerprint density at radius 1 is 1.31 bits per heavy atom. The predicted molar refractivity (Wildman–Crippen MR) is 67.3 cm³/mol. The summed E-state index contributed by atoms with van der Waals surface area (Å²) in [6, 6.07) is 7.46. The normalized spacial score (nSPS) is 10.9. The van der Waals surface area contributed by atoms with Gasteiger partial charge in [-0.2, -0.15) is 0 Å². The number of aromatic hydroxyl groups is 1. The van der Waals surface area contributed by atoms with Gasteiger partial charge in [-0.15, -0.1) is 0 Å². The molecule has 0 saturated heterocycles. The van der Waals surface area contributed by atoms with Crippen LogP contribution in [0.3, 0.4) is 0 Å². The molecule has 0 atom stereocenters. The monoisotopic (exact) mass is 222 g/mol. The maximum absolute atomic E-state index is 9.39. The van der Waals surface area contributed by atoms with E-state index in [4.69, 9.17) is 5.73 Å². The van der Waals surface area contributed by atoms with Crippen molar-refractivity contribution in [3.05, 3.63) is 29.8 Å². The molecule has 1 aromatic rings. The molecule has 0 bridgehead atoms. The zero-order valence-corrected chi connectivity index (χ0v) is 10.0. The molecule has 0 saturated carbocycles. The minimum absolute atomic E-state index is 0.341. The highest BCUT2D eigenvalue weighted by Crippen LogP contribution is 2.13. The van der Waals surface area contributed by atoms with Gasteiger partial charge in [0.1, 0.15) is 5.75 Å². The van der Waals surface area contributed by atoms with Gasteiger partial charge in [-0.05, 0) is 50.2 Å². The van der Waals surface area contributed by atoms with Crippen LogP contribution in [0.15, 0.2) is 24.3 Å². The largest absolute Gasteiger partial charge is 0.508 e. The lowest BCUT2D eigenvalue weighted by molar-refractivity contribution is 0.264.